The van der Waals surface area contributed by atoms with E-state index >= 15 is 0 Å². The molecule has 1 atom stereocenters. The SMILES string of the molecule is c1ccc(-c2ccc(-c3nc(-c4ccc5c(c4)C4(c6ccccc6-5)c5ccccc5-c5oc6ccccc6c54)nc4ccccc34)cc2)cc1.c1ccc(-c2nc(-c3ccc4c(c3)C3(c5ccccc5-c5ccccc53)c3c-4oc4ccccc34)nc3ccccc23)cc1.c1ccc2c(c1)-c1ccccc1C21c2cccc(-c3nc(-c4cccc5ccccc45)c4ccccc4n3)c2-c2oc3ccccc3c21. The van der Waals surface area contributed by atoms with E-state index in [1.165, 1.54) is 122 Å². The van der Waals surface area contributed by atoms with E-state index in [0.717, 1.165) is 150 Å². The second-order valence-electron chi connectivity index (χ2n) is 37.8. The van der Waals surface area contributed by atoms with Crippen molar-refractivity contribution in [1.29, 1.82) is 0 Å². The lowest BCUT2D eigenvalue weighted by atomic mass is 9.70. The van der Waals surface area contributed by atoms with E-state index in [-0.39, 0.29) is 0 Å². The fraction of sp³-hybridized carbons (Fsp3) is 0.0226. The van der Waals surface area contributed by atoms with Crippen LogP contribution in [0.3, 0.4) is 0 Å². The summed E-state index contributed by atoms with van der Waals surface area (Å²) in [4.78, 5) is 31.6. The average Bonchev–Trinajstić information content (AvgIpc) is 1.50. The molecule has 6 aromatic heterocycles. The second kappa shape index (κ2) is 30.7. The van der Waals surface area contributed by atoms with Crippen molar-refractivity contribution in [2.45, 2.75) is 16.2 Å². The third-order valence-electron chi connectivity index (χ3n) is 30.7. The van der Waals surface area contributed by atoms with Crippen molar-refractivity contribution >= 4 is 76.4 Å². The summed E-state index contributed by atoms with van der Waals surface area (Å²) in [6.07, 6.45) is 0. The van der Waals surface area contributed by atoms with E-state index < -0.39 is 16.2 Å². The molecule has 1 unspecified atom stereocenters. The third kappa shape index (κ3) is 11.2. The van der Waals surface area contributed by atoms with Gasteiger partial charge >= 0.3 is 0 Å². The lowest BCUT2D eigenvalue weighted by Gasteiger charge is -2.30. The van der Waals surface area contributed by atoms with E-state index in [0.29, 0.717) is 17.5 Å². The number of para-hydroxylation sites is 6. The molecule has 9 nitrogen and oxygen atoms in total. The largest absolute Gasteiger partial charge is 0.456 e. The van der Waals surface area contributed by atoms with Crippen LogP contribution in [0.4, 0.5) is 0 Å². The molecule has 0 bridgehead atoms. The first-order chi connectivity index (χ1) is 70.4. The summed E-state index contributed by atoms with van der Waals surface area (Å²) in [5.74, 6) is 4.92. The fourth-order valence-corrected chi connectivity index (χ4v) is 25.0. The summed E-state index contributed by atoms with van der Waals surface area (Å²) < 4.78 is 20.3. The molecule has 0 aliphatic heterocycles. The highest BCUT2D eigenvalue weighted by Gasteiger charge is 2.58. The Bertz CT molecular complexity index is 9760. The minimum Gasteiger partial charge on any atom is -0.456 e. The number of hydrogen-bond acceptors (Lipinski definition) is 9. The van der Waals surface area contributed by atoms with Crippen LogP contribution in [-0.4, -0.2) is 29.9 Å². The Kier molecular flexibility index (Phi) is 17.2. The van der Waals surface area contributed by atoms with E-state index in [1.807, 2.05) is 18.2 Å². The first kappa shape index (κ1) is 79.5. The molecule has 0 radical (unpaired) electrons. The van der Waals surface area contributed by atoms with Crippen LogP contribution >= 0.6 is 0 Å². The summed E-state index contributed by atoms with van der Waals surface area (Å²) in [7, 11) is 0. The van der Waals surface area contributed by atoms with E-state index in [1.54, 1.807) is 0 Å². The minimum absolute atomic E-state index is 0.514. The summed E-state index contributed by atoms with van der Waals surface area (Å²) in [5.41, 5.74) is 41.1. The molecule has 6 heterocycles. The molecule has 26 aromatic rings. The third-order valence-corrected chi connectivity index (χ3v) is 30.7. The molecule has 32 rings (SSSR count). The van der Waals surface area contributed by atoms with Crippen LogP contribution in [-0.2, 0) is 16.2 Å². The molecule has 9 heteroatoms. The van der Waals surface area contributed by atoms with E-state index in [4.69, 9.17) is 43.2 Å². The number of aromatic nitrogens is 6. The molecular formula is C133H78N6O3. The van der Waals surface area contributed by atoms with Gasteiger partial charge in [0.25, 0.3) is 0 Å². The minimum atomic E-state index is -0.534. The number of rotatable bonds is 7. The van der Waals surface area contributed by atoms with Gasteiger partial charge in [-0.15, -0.1) is 0 Å². The Hall–Kier alpha value is -18.7. The zero-order chi connectivity index (χ0) is 93.0. The highest BCUT2D eigenvalue weighted by atomic mass is 16.3. The number of furan rings is 3. The van der Waals surface area contributed by atoms with Crippen molar-refractivity contribution < 1.29 is 13.3 Å². The Labute approximate surface area is 816 Å². The van der Waals surface area contributed by atoms with Crippen LogP contribution < -0.4 is 0 Å². The molecule has 20 aromatic carbocycles. The van der Waals surface area contributed by atoms with Crippen LogP contribution in [0.15, 0.2) is 486 Å². The van der Waals surface area contributed by atoms with Gasteiger partial charge in [0.05, 0.1) is 49.9 Å². The van der Waals surface area contributed by atoms with Gasteiger partial charge in [-0.1, -0.05) is 425 Å². The predicted octanol–water partition coefficient (Wildman–Crippen LogP) is 33.0. The Morgan fingerprint density at radius 2 is 0.451 bits per heavy atom. The summed E-state index contributed by atoms with van der Waals surface area (Å²) in [5, 5.41) is 8.91. The molecular weight excluding hydrogens is 1730 g/mol. The molecule has 658 valence electrons. The normalized spacial score (nSPS) is 14.2. The van der Waals surface area contributed by atoms with Gasteiger partial charge in [0.2, 0.25) is 0 Å². The second-order valence-corrected chi connectivity index (χ2v) is 37.8. The smallest absolute Gasteiger partial charge is 0.161 e. The molecule has 6 aliphatic rings. The predicted molar refractivity (Wildman–Crippen MR) is 572 cm³/mol. The molecule has 142 heavy (non-hydrogen) atoms. The van der Waals surface area contributed by atoms with Crippen molar-refractivity contribution in [3.63, 3.8) is 0 Å². The van der Waals surface area contributed by atoms with Gasteiger partial charge in [-0.25, -0.2) is 29.9 Å². The van der Waals surface area contributed by atoms with Crippen LogP contribution in [0, 0.1) is 0 Å². The van der Waals surface area contributed by atoms with Gasteiger partial charge in [0.1, 0.15) is 34.0 Å². The summed E-state index contributed by atoms with van der Waals surface area (Å²) in [6.45, 7) is 0. The van der Waals surface area contributed by atoms with Crippen LogP contribution in [0.25, 0.3) is 223 Å². The first-order valence-electron chi connectivity index (χ1n) is 48.5. The average molecular weight is 1810 g/mol. The van der Waals surface area contributed by atoms with Crippen LogP contribution in [0.5, 0.6) is 0 Å². The van der Waals surface area contributed by atoms with Gasteiger partial charge in [0, 0.05) is 99.1 Å². The van der Waals surface area contributed by atoms with Crippen LogP contribution in [0.2, 0.25) is 0 Å². The van der Waals surface area contributed by atoms with E-state index in [9.17, 15) is 0 Å². The number of benzene rings is 20. The maximum absolute atomic E-state index is 6.92. The molecule has 0 N–H and O–H groups in total. The van der Waals surface area contributed by atoms with Gasteiger partial charge in [-0.3, -0.25) is 0 Å². The standard InChI is InChI=1S/C47H28N2O.C45H26N2O.C41H24N2O/c1-2-12-29(13-3-1)30-22-24-31(25-23-30)44-36-16-6-10-20-41(36)48-46(49-44)32-26-27-34-33-14-4-8-18-38(33)47(40(34)28-32)39-19-9-5-15-35(39)45-43(47)37-17-7-11-21-42(37)50-45;1-2-15-28-27(13-1)14-11-20-31(28)42-32-18-5-9-25-38(32)46-44(47-42)34-21-12-24-37-40(34)43-41(33-19-6-10-26-39(33)48-43)45(37)35-22-7-3-16-29(35)30-17-4-8-23-36(30)45;1-2-12-25(13-3-1)38-30-16-6-10-20-35(30)42-40(43-38)26-22-23-29-34(24-26)41(37-31-17-7-11-21-36(31)44-39(29)37)32-18-8-4-14-27(32)28-15-5-9-19-33(28)41/h1-28H;1-26H;1-24H. The Morgan fingerprint density at radius 3 is 0.951 bits per heavy atom. The Morgan fingerprint density at radius 1 is 0.162 bits per heavy atom. The zero-order valence-corrected chi connectivity index (χ0v) is 76.4. The molecule has 0 saturated heterocycles. The van der Waals surface area contributed by atoms with Gasteiger partial charge in [-0.2, -0.15) is 0 Å². The molecule has 0 saturated carbocycles. The van der Waals surface area contributed by atoms with Crippen molar-refractivity contribution in [3.05, 3.63) is 540 Å². The first-order valence-corrected chi connectivity index (χ1v) is 48.5. The molecule has 0 fully saturated rings. The maximum atomic E-state index is 6.92. The van der Waals surface area contributed by atoms with Crippen molar-refractivity contribution in [1.82, 2.24) is 29.9 Å². The fourth-order valence-electron chi connectivity index (χ4n) is 25.0. The highest BCUT2D eigenvalue weighted by molar-refractivity contribution is 6.10. The van der Waals surface area contributed by atoms with Crippen LogP contribution in [0.1, 0.15) is 66.8 Å². The lowest BCUT2D eigenvalue weighted by molar-refractivity contribution is 0.628. The number of hydrogen-bond donors (Lipinski definition) is 0. The lowest BCUT2D eigenvalue weighted by Crippen LogP contribution is -2.25. The summed E-state index contributed by atoms with van der Waals surface area (Å²) >= 11 is 0. The van der Waals surface area contributed by atoms with Gasteiger partial charge in [0.15, 0.2) is 17.5 Å². The van der Waals surface area contributed by atoms with Gasteiger partial charge < -0.3 is 13.3 Å². The zero-order valence-electron chi connectivity index (χ0n) is 76.4. The molecule has 0 amide bonds. The monoisotopic (exact) mass is 1810 g/mol. The van der Waals surface area contributed by atoms with Crippen molar-refractivity contribution in [3.8, 4) is 146 Å². The topological polar surface area (TPSA) is 117 Å². The molecule has 3 spiro atoms. The van der Waals surface area contributed by atoms with Crippen molar-refractivity contribution in [2.24, 2.45) is 0 Å². The molecule has 6 aliphatic carbocycles. The number of nitrogens with zero attached hydrogens (tertiary/aromatic N) is 6. The number of fused-ring (bicyclic) bond motifs is 40. The summed E-state index contributed by atoms with van der Waals surface area (Å²) in [6, 6.07) is 168. The Balaban J connectivity index is 0.0000000998. The highest BCUT2D eigenvalue weighted by Crippen LogP contribution is 2.70. The van der Waals surface area contributed by atoms with Crippen molar-refractivity contribution in [2.75, 3.05) is 0 Å². The quantitative estimate of drug-likeness (QED) is 0.154. The van der Waals surface area contributed by atoms with Gasteiger partial charge in [-0.05, 0) is 154 Å². The van der Waals surface area contributed by atoms with E-state index in [2.05, 4.69) is 455 Å². The maximum Gasteiger partial charge on any atom is 0.161 e.